The van der Waals surface area contributed by atoms with Gasteiger partial charge in [-0.05, 0) is 42.5 Å². The number of nitrogen functional groups attached to an aromatic ring is 1. The van der Waals surface area contributed by atoms with Crippen molar-refractivity contribution in [3.05, 3.63) is 45.6 Å². The van der Waals surface area contributed by atoms with Crippen LogP contribution >= 0.6 is 11.3 Å². The van der Waals surface area contributed by atoms with E-state index in [-0.39, 0.29) is 4.90 Å². The standard InChI is InChI=1S/C14H18N2O2S2/c1-10-6-7-13(15)14(11(10)2)20(17,18)16(3)9-12-5-4-8-19-12/h4-8H,9,15H2,1-3H3. The predicted octanol–water partition coefficient (Wildman–Crippen LogP) is 2.77. The van der Waals surface area contributed by atoms with Gasteiger partial charge in [-0.25, -0.2) is 8.42 Å². The lowest BCUT2D eigenvalue weighted by molar-refractivity contribution is 0.469. The molecule has 1 heterocycles. The van der Waals surface area contributed by atoms with Crippen LogP contribution in [0.3, 0.4) is 0 Å². The van der Waals surface area contributed by atoms with Crippen molar-refractivity contribution in [2.75, 3.05) is 12.8 Å². The Balaban J connectivity index is 2.42. The highest BCUT2D eigenvalue weighted by molar-refractivity contribution is 7.89. The second-order valence-electron chi connectivity index (χ2n) is 4.77. The van der Waals surface area contributed by atoms with Crippen molar-refractivity contribution >= 4 is 27.0 Å². The van der Waals surface area contributed by atoms with Gasteiger partial charge in [0.05, 0.1) is 5.69 Å². The fraction of sp³-hybridized carbons (Fsp3) is 0.286. The molecule has 2 rings (SSSR count). The largest absolute Gasteiger partial charge is 0.398 e. The maximum Gasteiger partial charge on any atom is 0.245 e. The van der Waals surface area contributed by atoms with Crippen molar-refractivity contribution < 1.29 is 8.42 Å². The molecule has 20 heavy (non-hydrogen) atoms. The molecule has 1 aromatic heterocycles. The van der Waals surface area contributed by atoms with Gasteiger partial charge in [-0.1, -0.05) is 12.1 Å². The third-order valence-corrected chi connectivity index (χ3v) is 6.20. The number of nitrogens with two attached hydrogens (primary N) is 1. The van der Waals surface area contributed by atoms with E-state index in [0.717, 1.165) is 10.4 Å². The first-order valence-corrected chi connectivity index (χ1v) is 8.50. The molecule has 4 nitrogen and oxygen atoms in total. The molecule has 0 amide bonds. The second kappa shape index (κ2) is 5.55. The van der Waals surface area contributed by atoms with Crippen LogP contribution in [-0.4, -0.2) is 19.8 Å². The molecular weight excluding hydrogens is 292 g/mol. The zero-order valence-electron chi connectivity index (χ0n) is 11.8. The van der Waals surface area contributed by atoms with E-state index in [1.54, 1.807) is 20.0 Å². The van der Waals surface area contributed by atoms with Gasteiger partial charge in [0.2, 0.25) is 10.0 Å². The molecule has 0 saturated heterocycles. The van der Waals surface area contributed by atoms with E-state index >= 15 is 0 Å². The van der Waals surface area contributed by atoms with Gasteiger partial charge in [-0.2, -0.15) is 4.31 Å². The minimum Gasteiger partial charge on any atom is -0.398 e. The molecule has 0 aliphatic heterocycles. The molecule has 0 atom stereocenters. The average molecular weight is 310 g/mol. The summed E-state index contributed by atoms with van der Waals surface area (Å²) in [5.74, 6) is 0. The molecule has 0 fully saturated rings. The Morgan fingerprint density at radius 2 is 1.95 bits per heavy atom. The molecule has 0 bridgehead atoms. The summed E-state index contributed by atoms with van der Waals surface area (Å²) in [5.41, 5.74) is 7.81. The van der Waals surface area contributed by atoms with Crippen molar-refractivity contribution in [1.29, 1.82) is 0 Å². The number of anilines is 1. The van der Waals surface area contributed by atoms with Gasteiger partial charge in [-0.15, -0.1) is 11.3 Å². The van der Waals surface area contributed by atoms with Crippen molar-refractivity contribution in [3.63, 3.8) is 0 Å². The summed E-state index contributed by atoms with van der Waals surface area (Å²) in [5, 5.41) is 1.93. The van der Waals surface area contributed by atoms with Gasteiger partial charge >= 0.3 is 0 Å². The Bertz CT molecular complexity index is 707. The van der Waals surface area contributed by atoms with Crippen LogP contribution in [0.4, 0.5) is 5.69 Å². The summed E-state index contributed by atoms with van der Waals surface area (Å²) in [7, 11) is -2.00. The molecule has 0 aliphatic rings. The van der Waals surface area contributed by atoms with E-state index in [0.29, 0.717) is 17.8 Å². The monoisotopic (exact) mass is 310 g/mol. The van der Waals surface area contributed by atoms with Gasteiger partial charge in [0.1, 0.15) is 4.90 Å². The Labute approximate surface area is 123 Å². The first-order valence-electron chi connectivity index (χ1n) is 6.18. The molecule has 0 aliphatic carbocycles. The number of hydrogen-bond donors (Lipinski definition) is 1. The van der Waals surface area contributed by atoms with Gasteiger partial charge in [0.15, 0.2) is 0 Å². The van der Waals surface area contributed by atoms with Crippen LogP contribution in [0, 0.1) is 13.8 Å². The maximum absolute atomic E-state index is 12.7. The third-order valence-electron chi connectivity index (χ3n) is 3.33. The lowest BCUT2D eigenvalue weighted by Crippen LogP contribution is -2.27. The molecule has 2 N–H and O–H groups in total. The van der Waals surface area contributed by atoms with Crippen LogP contribution in [0.1, 0.15) is 16.0 Å². The van der Waals surface area contributed by atoms with Crippen molar-refractivity contribution in [2.45, 2.75) is 25.3 Å². The molecule has 1 aromatic carbocycles. The number of thiophene rings is 1. The molecule has 108 valence electrons. The molecule has 0 unspecified atom stereocenters. The number of hydrogen-bond acceptors (Lipinski definition) is 4. The van der Waals surface area contributed by atoms with Crippen molar-refractivity contribution in [2.24, 2.45) is 0 Å². The highest BCUT2D eigenvalue weighted by atomic mass is 32.2. The lowest BCUT2D eigenvalue weighted by Gasteiger charge is -2.20. The minimum absolute atomic E-state index is 0.219. The van der Waals surface area contributed by atoms with E-state index in [1.165, 1.54) is 15.6 Å². The van der Waals surface area contributed by atoms with E-state index < -0.39 is 10.0 Å². The van der Waals surface area contributed by atoms with Gasteiger partial charge in [0.25, 0.3) is 0 Å². The highest BCUT2D eigenvalue weighted by Gasteiger charge is 2.26. The van der Waals surface area contributed by atoms with Crippen LogP contribution in [0.15, 0.2) is 34.5 Å². The van der Waals surface area contributed by atoms with Crippen LogP contribution in [0.5, 0.6) is 0 Å². The van der Waals surface area contributed by atoms with Crippen molar-refractivity contribution in [1.82, 2.24) is 4.31 Å². The zero-order chi connectivity index (χ0) is 14.9. The van der Waals surface area contributed by atoms with Gasteiger partial charge < -0.3 is 5.73 Å². The highest BCUT2D eigenvalue weighted by Crippen LogP contribution is 2.28. The summed E-state index contributed by atoms with van der Waals surface area (Å²) < 4.78 is 26.7. The summed E-state index contributed by atoms with van der Waals surface area (Å²) in [4.78, 5) is 1.22. The SMILES string of the molecule is Cc1ccc(N)c(S(=O)(=O)N(C)Cc2cccs2)c1C. The lowest BCUT2D eigenvalue weighted by atomic mass is 10.1. The van der Waals surface area contributed by atoms with E-state index in [2.05, 4.69) is 0 Å². The summed E-state index contributed by atoms with van der Waals surface area (Å²) in [6.07, 6.45) is 0. The summed E-state index contributed by atoms with van der Waals surface area (Å²) >= 11 is 1.54. The topological polar surface area (TPSA) is 63.4 Å². The molecule has 0 spiro atoms. The van der Waals surface area contributed by atoms with Crippen LogP contribution in [-0.2, 0) is 16.6 Å². The Kier molecular flexibility index (Phi) is 4.17. The Morgan fingerprint density at radius 3 is 2.55 bits per heavy atom. The summed E-state index contributed by atoms with van der Waals surface area (Å²) in [6.45, 7) is 4.03. The second-order valence-corrected chi connectivity index (χ2v) is 7.78. The summed E-state index contributed by atoms with van der Waals surface area (Å²) in [6, 6.07) is 7.31. The number of benzene rings is 1. The smallest absolute Gasteiger partial charge is 0.245 e. The maximum atomic E-state index is 12.7. The minimum atomic E-state index is -3.58. The molecular formula is C14H18N2O2S2. The van der Waals surface area contributed by atoms with Gasteiger partial charge in [0, 0.05) is 18.5 Å². The zero-order valence-corrected chi connectivity index (χ0v) is 13.4. The number of nitrogens with zero attached hydrogens (tertiary/aromatic N) is 1. The first kappa shape index (κ1) is 15.0. The Hall–Kier alpha value is -1.37. The number of aryl methyl sites for hydroxylation is 1. The fourth-order valence-corrected chi connectivity index (χ4v) is 4.39. The predicted molar refractivity (Wildman–Crippen MR) is 83.3 cm³/mol. The molecule has 6 heteroatoms. The third kappa shape index (κ3) is 2.72. The van der Waals surface area contributed by atoms with Crippen LogP contribution in [0.2, 0.25) is 0 Å². The fourth-order valence-electron chi connectivity index (χ4n) is 2.02. The molecule has 2 aromatic rings. The normalized spacial score (nSPS) is 12.0. The molecule has 0 radical (unpaired) electrons. The quantitative estimate of drug-likeness (QED) is 0.883. The van der Waals surface area contributed by atoms with Crippen LogP contribution < -0.4 is 5.73 Å². The van der Waals surface area contributed by atoms with Crippen LogP contribution in [0.25, 0.3) is 0 Å². The number of sulfonamides is 1. The average Bonchev–Trinajstić information content (AvgIpc) is 2.87. The van der Waals surface area contributed by atoms with E-state index in [9.17, 15) is 8.42 Å². The van der Waals surface area contributed by atoms with E-state index in [4.69, 9.17) is 5.73 Å². The van der Waals surface area contributed by atoms with E-state index in [1.807, 2.05) is 30.5 Å². The molecule has 0 saturated carbocycles. The first-order chi connectivity index (χ1) is 9.34. The van der Waals surface area contributed by atoms with Gasteiger partial charge in [-0.3, -0.25) is 0 Å². The van der Waals surface area contributed by atoms with Crippen molar-refractivity contribution in [3.8, 4) is 0 Å². The number of rotatable bonds is 4. The Morgan fingerprint density at radius 1 is 1.25 bits per heavy atom.